The van der Waals surface area contributed by atoms with Crippen LogP contribution in [0.4, 0.5) is 11.4 Å². The molecule has 19 rings (SSSR count). The van der Waals surface area contributed by atoms with Crippen LogP contribution in [0.3, 0.4) is 0 Å². The maximum absolute atomic E-state index is 3.80. The van der Waals surface area contributed by atoms with Crippen molar-refractivity contribution in [2.75, 3.05) is 5.32 Å². The molecule has 0 spiro atoms. The predicted octanol–water partition coefficient (Wildman–Crippen LogP) is 23.8. The monoisotopic (exact) mass is 1240 g/mol. The molecule has 5 aliphatic rings. The molecule has 0 radical (unpaired) electrons. The fraction of sp³-hybridized carbons (Fsp3) is 0.165. The second kappa shape index (κ2) is 23.8. The van der Waals surface area contributed by atoms with Gasteiger partial charge in [0.05, 0.1) is 22.6 Å². The van der Waals surface area contributed by atoms with Gasteiger partial charge < -0.3 is 23.6 Å². The van der Waals surface area contributed by atoms with Gasteiger partial charge in [-0.3, -0.25) is 0 Å². The van der Waals surface area contributed by atoms with E-state index in [1.807, 2.05) is 0 Å². The van der Waals surface area contributed by atoms with E-state index in [0.29, 0.717) is 6.04 Å². The summed E-state index contributed by atoms with van der Waals surface area (Å²) in [5.41, 5.74) is 34.4. The van der Waals surface area contributed by atoms with Gasteiger partial charge in [-0.15, -0.1) is 0 Å². The van der Waals surface area contributed by atoms with Crippen LogP contribution < -0.4 is 5.32 Å². The molecular formula is C91H79N5. The third kappa shape index (κ3) is 9.97. The van der Waals surface area contributed by atoms with E-state index in [4.69, 9.17) is 0 Å². The number of nitrogens with zero attached hydrogens (tertiary/aromatic N) is 4. The first-order valence-corrected chi connectivity index (χ1v) is 34.6. The number of fused-ring (bicyclic) bond motifs is 14. The summed E-state index contributed by atoms with van der Waals surface area (Å²) in [7, 11) is 0. The molecule has 1 unspecified atom stereocenters. The summed E-state index contributed by atoms with van der Waals surface area (Å²) >= 11 is 0. The van der Waals surface area contributed by atoms with Gasteiger partial charge in [-0.05, 0) is 219 Å². The number of anilines is 2. The highest BCUT2D eigenvalue weighted by molar-refractivity contribution is 6.08. The van der Waals surface area contributed by atoms with Gasteiger partial charge >= 0.3 is 0 Å². The van der Waals surface area contributed by atoms with Crippen molar-refractivity contribution in [2.24, 2.45) is 0 Å². The Morgan fingerprint density at radius 3 is 1.64 bits per heavy atom. The van der Waals surface area contributed by atoms with Gasteiger partial charge in [-0.25, -0.2) is 0 Å². The zero-order valence-corrected chi connectivity index (χ0v) is 55.8. The molecule has 5 nitrogen and oxygen atoms in total. The average Bonchev–Trinajstić information content (AvgIpc) is 1.59. The number of hydrogen-bond acceptors (Lipinski definition) is 1. The molecule has 4 aromatic heterocycles. The van der Waals surface area contributed by atoms with Crippen molar-refractivity contribution >= 4 is 89.7 Å². The van der Waals surface area contributed by atoms with E-state index in [0.717, 1.165) is 56.3 Å². The minimum Gasteiger partial charge on any atom is -0.355 e. The zero-order valence-electron chi connectivity index (χ0n) is 55.8. The van der Waals surface area contributed by atoms with Crippen LogP contribution in [0, 0.1) is 27.7 Å². The molecule has 10 aromatic carbocycles. The summed E-state index contributed by atoms with van der Waals surface area (Å²) in [6.07, 6.45) is 26.2. The number of aryl methyl sites for hydroxylation is 5. The number of benzene rings is 10. The van der Waals surface area contributed by atoms with Crippen LogP contribution in [-0.4, -0.2) is 18.3 Å². The molecule has 0 saturated heterocycles. The van der Waals surface area contributed by atoms with Gasteiger partial charge in [0.2, 0.25) is 0 Å². The first-order chi connectivity index (χ1) is 47.0. The lowest BCUT2D eigenvalue weighted by Crippen LogP contribution is -2.21. The topological polar surface area (TPSA) is 31.8 Å². The fourth-order valence-electron chi connectivity index (χ4n) is 16.7. The Hall–Kier alpha value is -10.9. The minimum absolute atomic E-state index is 0.0869. The molecule has 0 saturated carbocycles. The Balaban J connectivity index is 0.000000120. The van der Waals surface area contributed by atoms with Gasteiger partial charge in [0.25, 0.3) is 0 Å². The predicted molar refractivity (Wildman–Crippen MR) is 408 cm³/mol. The van der Waals surface area contributed by atoms with Gasteiger partial charge in [-0.2, -0.15) is 0 Å². The average molecular weight is 1240 g/mol. The lowest BCUT2D eigenvalue weighted by atomic mass is 9.77. The van der Waals surface area contributed by atoms with Gasteiger partial charge in [0, 0.05) is 100 Å². The van der Waals surface area contributed by atoms with Crippen molar-refractivity contribution in [3.63, 3.8) is 0 Å². The Bertz CT molecular complexity index is 5600. The summed E-state index contributed by atoms with van der Waals surface area (Å²) < 4.78 is 9.92. The van der Waals surface area contributed by atoms with E-state index in [1.54, 1.807) is 5.57 Å². The Labute approximate surface area is 563 Å². The fourth-order valence-corrected chi connectivity index (χ4v) is 16.7. The summed E-state index contributed by atoms with van der Waals surface area (Å²) in [5, 5.41) is 10.5. The minimum atomic E-state index is 0.0869. The van der Waals surface area contributed by atoms with Gasteiger partial charge in [-0.1, -0.05) is 202 Å². The van der Waals surface area contributed by atoms with Crippen molar-refractivity contribution in [3.8, 4) is 28.2 Å². The normalized spacial score (nSPS) is 15.5. The smallest absolute Gasteiger partial charge is 0.0563 e. The lowest BCUT2D eigenvalue weighted by molar-refractivity contribution is 0.544. The van der Waals surface area contributed by atoms with Crippen LogP contribution in [0.15, 0.2) is 260 Å². The van der Waals surface area contributed by atoms with E-state index in [1.165, 1.54) is 155 Å². The molecule has 5 heteroatoms. The van der Waals surface area contributed by atoms with E-state index >= 15 is 0 Å². The SMILES string of the molecule is Cc1ccc2c3c(n(-c4ccccc4)c2c1)CCC=C3.Cc1ccc2c3ccccc3n(C3C=CC4=C(C3)C(C)(C)c3ccccc34)c2c1.Cc1ccccc1-c1cc(-n2c3c(c4ccc(Nc5ccc6c7c(n(-c8ccccc8)c6c5)CCC=C7)cc42)CCC=C3)ccc1C. The summed E-state index contributed by atoms with van der Waals surface area (Å²) in [4.78, 5) is 0. The second-order valence-corrected chi connectivity index (χ2v) is 27.6. The molecule has 1 atom stereocenters. The van der Waals surface area contributed by atoms with Gasteiger partial charge in [0.15, 0.2) is 0 Å². The molecule has 5 aliphatic carbocycles. The Morgan fingerprint density at radius 1 is 0.396 bits per heavy atom. The first kappa shape index (κ1) is 58.9. The number of rotatable bonds is 7. The molecule has 1 N–H and O–H groups in total. The van der Waals surface area contributed by atoms with E-state index in [2.05, 4.69) is 338 Å². The largest absolute Gasteiger partial charge is 0.355 e. The highest BCUT2D eigenvalue weighted by Gasteiger charge is 2.39. The third-order valence-electron chi connectivity index (χ3n) is 21.3. The van der Waals surface area contributed by atoms with E-state index < -0.39 is 0 Å². The van der Waals surface area contributed by atoms with Crippen molar-refractivity contribution < 1.29 is 0 Å². The number of para-hydroxylation sites is 3. The Kier molecular flexibility index (Phi) is 14.6. The standard InChI is InChI=1S/C44H37N3.C28H25N.C19H17N/c1-29-12-6-7-15-35(29)40-28-34(23-20-30(40)2)47-42-19-11-9-17-37(42)39-25-22-32(27-44(39)47)45-31-21-24-38-36-16-8-10-18-41(36)46(43(38)26-31)33-13-4-3-5-14-33;1-18-12-14-23-22-9-5-7-11-26(22)29(27(23)16-18)19-13-15-21-20-8-4-6-10-24(20)28(2,3)25(21)17-19;1-14-11-12-17-16-9-5-6-10-18(16)20(19(17)13-14)15-7-3-2-4-8-15/h3-8,11-16,19-28,45H,9-10,17-18H2,1-2H3;4-16,19H,17H2,1-3H3;2-5,7-9,11-13H,6,10H2,1H3. The van der Waals surface area contributed by atoms with Crippen molar-refractivity contribution in [1.29, 1.82) is 0 Å². The lowest BCUT2D eigenvalue weighted by Gasteiger charge is -2.30. The molecule has 14 aromatic rings. The second-order valence-electron chi connectivity index (χ2n) is 27.6. The number of allylic oxidation sites excluding steroid dienone is 7. The highest BCUT2D eigenvalue weighted by atomic mass is 15.0. The molecule has 96 heavy (non-hydrogen) atoms. The quantitative estimate of drug-likeness (QED) is 0.169. The van der Waals surface area contributed by atoms with Crippen LogP contribution >= 0.6 is 0 Å². The van der Waals surface area contributed by atoms with Crippen molar-refractivity contribution in [2.45, 2.75) is 97.9 Å². The molecular weight excluding hydrogens is 1160 g/mol. The molecule has 468 valence electrons. The van der Waals surface area contributed by atoms with Crippen LogP contribution in [0.5, 0.6) is 0 Å². The molecule has 0 aliphatic heterocycles. The zero-order chi connectivity index (χ0) is 64.8. The number of aromatic nitrogens is 4. The van der Waals surface area contributed by atoms with Crippen molar-refractivity contribution in [1.82, 2.24) is 18.3 Å². The number of nitrogens with one attached hydrogen (secondary N) is 1. The summed E-state index contributed by atoms with van der Waals surface area (Å²) in [5.74, 6) is 0. The number of hydrogen-bond donors (Lipinski definition) is 1. The van der Waals surface area contributed by atoms with E-state index in [-0.39, 0.29) is 5.41 Å². The molecule has 0 bridgehead atoms. The maximum Gasteiger partial charge on any atom is 0.0563 e. The van der Waals surface area contributed by atoms with E-state index in [9.17, 15) is 0 Å². The third-order valence-corrected chi connectivity index (χ3v) is 21.3. The van der Waals surface area contributed by atoms with Crippen LogP contribution in [0.25, 0.3) is 107 Å². The van der Waals surface area contributed by atoms with Crippen LogP contribution in [0.2, 0.25) is 0 Å². The summed E-state index contributed by atoms with van der Waals surface area (Å²) in [6, 6.07) is 82.6. The molecule has 0 amide bonds. The van der Waals surface area contributed by atoms with Gasteiger partial charge in [0.1, 0.15) is 0 Å². The molecule has 0 fully saturated rings. The van der Waals surface area contributed by atoms with Crippen molar-refractivity contribution in [3.05, 3.63) is 328 Å². The Morgan fingerprint density at radius 2 is 0.938 bits per heavy atom. The summed E-state index contributed by atoms with van der Waals surface area (Å²) in [6.45, 7) is 13.6. The van der Waals surface area contributed by atoms with Crippen LogP contribution in [0.1, 0.15) is 113 Å². The highest BCUT2D eigenvalue weighted by Crippen LogP contribution is 2.53. The van der Waals surface area contributed by atoms with Crippen LogP contribution in [-0.2, 0) is 24.7 Å². The molecule has 4 heterocycles. The first-order valence-electron chi connectivity index (χ1n) is 34.6. The maximum atomic E-state index is 3.80.